The Kier molecular flexibility index (Phi) is 5.04. The molecule has 0 radical (unpaired) electrons. The molecule has 0 aliphatic rings. The first kappa shape index (κ1) is 15.6. The van der Waals surface area contributed by atoms with Gasteiger partial charge in [0.25, 0.3) is 0 Å². The van der Waals surface area contributed by atoms with Gasteiger partial charge in [-0.05, 0) is 18.3 Å². The number of halogens is 1. The number of rotatable bonds is 6. The van der Waals surface area contributed by atoms with E-state index in [1.165, 1.54) is 6.07 Å². The molecule has 108 valence electrons. The van der Waals surface area contributed by atoms with Gasteiger partial charge in [-0.25, -0.2) is 4.39 Å². The number of benzene rings is 1. The zero-order valence-corrected chi connectivity index (χ0v) is 12.5. The van der Waals surface area contributed by atoms with Crippen molar-refractivity contribution in [1.82, 2.24) is 0 Å². The van der Waals surface area contributed by atoms with Crippen LogP contribution in [0.25, 0.3) is 0 Å². The van der Waals surface area contributed by atoms with E-state index in [0.29, 0.717) is 18.2 Å². The summed E-state index contributed by atoms with van der Waals surface area (Å²) in [5.41, 5.74) is 7.09. The maximum atomic E-state index is 13.6. The third kappa shape index (κ3) is 4.01. The Bertz CT molecular complexity index is 430. The summed E-state index contributed by atoms with van der Waals surface area (Å²) in [7, 11) is 0. The summed E-state index contributed by atoms with van der Waals surface area (Å²) in [4.78, 5) is 0. The summed E-state index contributed by atoms with van der Waals surface area (Å²) in [6.45, 7) is 11.8. The highest BCUT2D eigenvalue weighted by Crippen LogP contribution is 2.31. The van der Waals surface area contributed by atoms with Gasteiger partial charge in [-0.1, -0.05) is 27.7 Å². The topological polar surface area (TPSA) is 47.3 Å². The molecule has 0 bridgehead atoms. The van der Waals surface area contributed by atoms with Gasteiger partial charge in [-0.3, -0.25) is 0 Å². The number of nitrogens with two attached hydrogens (primary N) is 1. The van der Waals surface area contributed by atoms with Gasteiger partial charge in [0, 0.05) is 18.7 Å². The van der Waals surface area contributed by atoms with Gasteiger partial charge in [0.15, 0.2) is 11.6 Å². The summed E-state index contributed by atoms with van der Waals surface area (Å²) >= 11 is 0. The van der Waals surface area contributed by atoms with E-state index in [-0.39, 0.29) is 11.2 Å². The van der Waals surface area contributed by atoms with Crippen molar-refractivity contribution >= 4 is 11.4 Å². The second-order valence-electron chi connectivity index (χ2n) is 5.80. The third-order valence-electron chi connectivity index (χ3n) is 3.70. The number of nitrogen functional groups attached to an aromatic ring is 1. The van der Waals surface area contributed by atoms with Gasteiger partial charge in [-0.2, -0.15) is 0 Å². The summed E-state index contributed by atoms with van der Waals surface area (Å²) in [6, 6.07) is 2.93. The van der Waals surface area contributed by atoms with E-state index in [2.05, 4.69) is 33.0 Å². The molecule has 1 aromatic carbocycles. The first-order chi connectivity index (χ1) is 8.77. The van der Waals surface area contributed by atoms with Crippen LogP contribution < -0.4 is 15.8 Å². The van der Waals surface area contributed by atoms with Crippen molar-refractivity contribution in [3.63, 3.8) is 0 Å². The lowest BCUT2D eigenvalue weighted by Crippen LogP contribution is -2.28. The molecule has 1 rings (SSSR count). The smallest absolute Gasteiger partial charge is 0.167 e. The Morgan fingerprint density at radius 1 is 1.37 bits per heavy atom. The summed E-state index contributed by atoms with van der Waals surface area (Å²) in [6.07, 6.45) is 0. The maximum Gasteiger partial charge on any atom is 0.167 e. The van der Waals surface area contributed by atoms with Crippen LogP contribution in [0.15, 0.2) is 12.1 Å². The zero-order chi connectivity index (χ0) is 14.6. The van der Waals surface area contributed by atoms with E-state index in [9.17, 15) is 4.39 Å². The lowest BCUT2D eigenvalue weighted by molar-refractivity contribution is 0.269. The van der Waals surface area contributed by atoms with E-state index in [1.54, 1.807) is 6.07 Å². The fraction of sp³-hybridized carbons (Fsp3) is 0.600. The first-order valence-corrected chi connectivity index (χ1v) is 6.73. The number of ether oxygens (including phenoxy) is 1. The van der Waals surface area contributed by atoms with Crippen LogP contribution in [0.2, 0.25) is 0 Å². The maximum absolute atomic E-state index is 13.6. The number of nitrogens with one attached hydrogen (secondary N) is 1. The predicted octanol–water partition coefficient (Wildman–Crippen LogP) is 3.90. The molecule has 4 heteroatoms. The van der Waals surface area contributed by atoms with Crippen LogP contribution in [0.5, 0.6) is 5.75 Å². The lowest BCUT2D eigenvalue weighted by Gasteiger charge is -2.30. The van der Waals surface area contributed by atoms with E-state index in [1.807, 2.05) is 6.92 Å². The van der Waals surface area contributed by atoms with Crippen molar-refractivity contribution in [3.8, 4) is 5.75 Å². The minimum Gasteiger partial charge on any atom is -0.491 e. The molecular weight excluding hydrogens is 243 g/mol. The molecule has 0 saturated heterocycles. The molecule has 0 aliphatic heterocycles. The Hall–Kier alpha value is -1.45. The molecule has 0 atom stereocenters. The molecule has 0 spiro atoms. The molecule has 0 unspecified atom stereocenters. The summed E-state index contributed by atoms with van der Waals surface area (Å²) < 4.78 is 18.8. The quantitative estimate of drug-likeness (QED) is 0.769. The standard InChI is InChI=1S/C15H25FN2O/c1-6-19-14-8-13(12(17)7-11(14)16)18-9-15(4,5)10(2)3/h7-8,10,18H,6,9,17H2,1-5H3. The van der Waals surface area contributed by atoms with Crippen LogP contribution in [0, 0.1) is 17.2 Å². The molecule has 3 nitrogen and oxygen atoms in total. The van der Waals surface area contributed by atoms with Crippen molar-refractivity contribution in [1.29, 1.82) is 0 Å². The molecule has 0 aromatic heterocycles. The fourth-order valence-electron chi connectivity index (χ4n) is 1.52. The van der Waals surface area contributed by atoms with Gasteiger partial charge < -0.3 is 15.8 Å². The Labute approximate surface area is 115 Å². The molecular formula is C15H25FN2O. The van der Waals surface area contributed by atoms with Crippen molar-refractivity contribution in [2.24, 2.45) is 11.3 Å². The van der Waals surface area contributed by atoms with Crippen LogP contribution >= 0.6 is 0 Å². The van der Waals surface area contributed by atoms with Gasteiger partial charge in [0.2, 0.25) is 0 Å². The second-order valence-corrected chi connectivity index (χ2v) is 5.80. The number of anilines is 2. The molecule has 0 fully saturated rings. The third-order valence-corrected chi connectivity index (χ3v) is 3.70. The fourth-order valence-corrected chi connectivity index (χ4v) is 1.52. The van der Waals surface area contributed by atoms with Crippen LogP contribution in [0.1, 0.15) is 34.6 Å². The lowest BCUT2D eigenvalue weighted by atomic mass is 9.81. The first-order valence-electron chi connectivity index (χ1n) is 6.73. The van der Waals surface area contributed by atoms with Gasteiger partial charge >= 0.3 is 0 Å². The minimum absolute atomic E-state index is 0.132. The molecule has 1 aromatic rings. The molecule has 0 amide bonds. The van der Waals surface area contributed by atoms with Crippen molar-refractivity contribution in [2.75, 3.05) is 24.2 Å². The van der Waals surface area contributed by atoms with Crippen LogP contribution in [0.4, 0.5) is 15.8 Å². The average Bonchev–Trinajstić information content (AvgIpc) is 2.31. The number of hydrogen-bond donors (Lipinski definition) is 2. The Morgan fingerprint density at radius 3 is 2.53 bits per heavy atom. The van der Waals surface area contributed by atoms with E-state index < -0.39 is 5.82 Å². The summed E-state index contributed by atoms with van der Waals surface area (Å²) in [5, 5.41) is 3.29. The van der Waals surface area contributed by atoms with Crippen molar-refractivity contribution in [2.45, 2.75) is 34.6 Å². The second kappa shape index (κ2) is 6.13. The SMILES string of the molecule is CCOc1cc(NCC(C)(C)C(C)C)c(N)cc1F. The van der Waals surface area contributed by atoms with E-state index in [0.717, 1.165) is 12.2 Å². The molecule has 0 heterocycles. The largest absolute Gasteiger partial charge is 0.491 e. The highest BCUT2D eigenvalue weighted by atomic mass is 19.1. The van der Waals surface area contributed by atoms with Crippen LogP contribution in [0.3, 0.4) is 0 Å². The Balaban J connectivity index is 2.86. The predicted molar refractivity (Wildman–Crippen MR) is 79.1 cm³/mol. The van der Waals surface area contributed by atoms with Crippen molar-refractivity contribution < 1.29 is 9.13 Å². The molecule has 0 saturated carbocycles. The molecule has 0 aliphatic carbocycles. The van der Waals surface area contributed by atoms with E-state index in [4.69, 9.17) is 10.5 Å². The highest BCUT2D eigenvalue weighted by molar-refractivity contribution is 5.68. The normalized spacial score (nSPS) is 11.7. The average molecular weight is 268 g/mol. The van der Waals surface area contributed by atoms with Gasteiger partial charge in [0.05, 0.1) is 18.0 Å². The van der Waals surface area contributed by atoms with E-state index >= 15 is 0 Å². The minimum atomic E-state index is -0.423. The monoisotopic (exact) mass is 268 g/mol. The number of hydrogen-bond acceptors (Lipinski definition) is 3. The van der Waals surface area contributed by atoms with Crippen LogP contribution in [-0.4, -0.2) is 13.2 Å². The summed E-state index contributed by atoms with van der Waals surface area (Å²) in [5.74, 6) is 0.350. The zero-order valence-electron chi connectivity index (χ0n) is 12.5. The van der Waals surface area contributed by atoms with Gasteiger partial charge in [0.1, 0.15) is 0 Å². The molecule has 3 N–H and O–H groups in total. The Morgan fingerprint density at radius 2 is 2.00 bits per heavy atom. The van der Waals surface area contributed by atoms with Crippen molar-refractivity contribution in [3.05, 3.63) is 17.9 Å². The molecule has 19 heavy (non-hydrogen) atoms. The highest BCUT2D eigenvalue weighted by Gasteiger charge is 2.22. The van der Waals surface area contributed by atoms with Gasteiger partial charge in [-0.15, -0.1) is 0 Å². The van der Waals surface area contributed by atoms with Crippen LogP contribution in [-0.2, 0) is 0 Å².